The van der Waals surface area contributed by atoms with Gasteiger partial charge in [0.25, 0.3) is 0 Å². The largest absolute Gasteiger partial charge is 0.480 e. The van der Waals surface area contributed by atoms with Crippen molar-refractivity contribution in [3.05, 3.63) is 12.2 Å². The van der Waals surface area contributed by atoms with Gasteiger partial charge in [-0.1, -0.05) is 187 Å². The lowest BCUT2D eigenvalue weighted by Crippen LogP contribution is -2.34. The van der Waals surface area contributed by atoms with Gasteiger partial charge in [-0.25, -0.2) is 4.57 Å². The monoisotopic (exact) mass is 818 g/mol. The predicted octanol–water partition coefficient (Wildman–Crippen LogP) is 12.1. The standard InChI is InChI=1S/C44H84NO10P/c1-3-5-7-9-11-13-14-15-16-17-18-19-20-21-22-23-24-25-26-28-30-32-34-36-43(47)55-40(38-53-56(50,51)54-39-41(45)44(48)49)37-52-42(46)35-33-31-29-27-12-10-8-6-4-2/h28,30,40-41H,3-27,29,31-39,45H2,1-2H3,(H,48,49)(H,50,51)/b30-28+/t40-,41-/m0/s1. The van der Waals surface area contributed by atoms with Crippen LogP contribution in [-0.4, -0.2) is 59.9 Å². The molecule has 0 aliphatic rings. The molecule has 11 nitrogen and oxygen atoms in total. The maximum absolute atomic E-state index is 12.6. The van der Waals surface area contributed by atoms with Gasteiger partial charge in [0.2, 0.25) is 0 Å². The van der Waals surface area contributed by atoms with Gasteiger partial charge in [0.05, 0.1) is 13.2 Å². The molecule has 0 radical (unpaired) electrons. The lowest BCUT2D eigenvalue weighted by molar-refractivity contribution is -0.161. The molecule has 56 heavy (non-hydrogen) atoms. The summed E-state index contributed by atoms with van der Waals surface area (Å²) in [7, 11) is -4.71. The van der Waals surface area contributed by atoms with Crippen LogP contribution in [0, 0.1) is 0 Å². The molecule has 0 aromatic heterocycles. The molecule has 0 heterocycles. The highest BCUT2D eigenvalue weighted by atomic mass is 31.2. The normalized spacial score (nSPS) is 13.8. The van der Waals surface area contributed by atoms with Crippen LogP contribution < -0.4 is 5.73 Å². The maximum atomic E-state index is 12.6. The minimum Gasteiger partial charge on any atom is -0.480 e. The number of phosphoric ester groups is 1. The molecule has 0 rings (SSSR count). The highest BCUT2D eigenvalue weighted by Gasteiger charge is 2.28. The Balaban J connectivity index is 4.21. The number of allylic oxidation sites excluding steroid dienone is 2. The Morgan fingerprint density at radius 3 is 1.36 bits per heavy atom. The molecule has 0 amide bonds. The quantitative estimate of drug-likeness (QED) is 0.0231. The first-order valence-corrected chi connectivity index (χ1v) is 24.2. The fraction of sp³-hybridized carbons (Fsp3) is 0.886. The minimum atomic E-state index is -4.71. The molecule has 4 N–H and O–H groups in total. The SMILES string of the molecule is CCCCCCCCCCCCCCCCCCCC/C=C/CCCC(=O)O[C@@H](COC(=O)CCCCCCCCCCC)COP(=O)(O)OC[C@H](N)C(=O)O. The number of carbonyl (C=O) groups excluding carboxylic acids is 2. The highest BCUT2D eigenvalue weighted by molar-refractivity contribution is 7.47. The minimum absolute atomic E-state index is 0.118. The molecule has 0 aromatic rings. The summed E-state index contributed by atoms with van der Waals surface area (Å²) in [5.41, 5.74) is 5.32. The molecule has 1 unspecified atom stereocenters. The van der Waals surface area contributed by atoms with E-state index in [0.29, 0.717) is 19.3 Å². The van der Waals surface area contributed by atoms with Crippen molar-refractivity contribution in [2.45, 2.75) is 231 Å². The van der Waals surface area contributed by atoms with Gasteiger partial charge in [0.15, 0.2) is 6.10 Å². The van der Waals surface area contributed by atoms with Crippen molar-refractivity contribution in [3.8, 4) is 0 Å². The van der Waals surface area contributed by atoms with Crippen molar-refractivity contribution >= 4 is 25.7 Å². The summed E-state index contributed by atoms with van der Waals surface area (Å²) in [4.78, 5) is 45.8. The van der Waals surface area contributed by atoms with Crippen LogP contribution in [0.3, 0.4) is 0 Å². The molecule has 0 aliphatic carbocycles. The van der Waals surface area contributed by atoms with E-state index in [1.54, 1.807) is 0 Å². The first-order chi connectivity index (χ1) is 27.1. The van der Waals surface area contributed by atoms with Gasteiger partial charge < -0.3 is 25.2 Å². The molecule has 330 valence electrons. The van der Waals surface area contributed by atoms with Gasteiger partial charge in [-0.2, -0.15) is 0 Å². The van der Waals surface area contributed by atoms with Crippen molar-refractivity contribution in [1.29, 1.82) is 0 Å². The number of phosphoric acid groups is 1. The first kappa shape index (κ1) is 54.2. The number of esters is 2. The Kier molecular flexibility index (Phi) is 38.7. The second kappa shape index (κ2) is 40.0. The zero-order valence-corrected chi connectivity index (χ0v) is 36.6. The molecule has 12 heteroatoms. The Morgan fingerprint density at radius 2 is 0.911 bits per heavy atom. The van der Waals surface area contributed by atoms with Crippen molar-refractivity contribution in [1.82, 2.24) is 0 Å². The van der Waals surface area contributed by atoms with Crippen molar-refractivity contribution < 1.29 is 47.5 Å². The zero-order valence-electron chi connectivity index (χ0n) is 35.7. The molecule has 0 spiro atoms. The fourth-order valence-electron chi connectivity index (χ4n) is 6.42. The van der Waals surface area contributed by atoms with Gasteiger partial charge >= 0.3 is 25.7 Å². The summed E-state index contributed by atoms with van der Waals surface area (Å²) in [5, 5.41) is 8.87. The lowest BCUT2D eigenvalue weighted by Gasteiger charge is -2.20. The Hall–Kier alpha value is -1.78. The second-order valence-electron chi connectivity index (χ2n) is 15.5. The van der Waals surface area contributed by atoms with Crippen LogP contribution in [0.1, 0.15) is 219 Å². The molecular formula is C44H84NO10P. The topological polar surface area (TPSA) is 172 Å². The van der Waals surface area contributed by atoms with Gasteiger partial charge in [-0.15, -0.1) is 0 Å². The van der Waals surface area contributed by atoms with Crippen molar-refractivity contribution in [2.75, 3.05) is 19.8 Å². The molecule has 0 aliphatic heterocycles. The average molecular weight is 818 g/mol. The van der Waals surface area contributed by atoms with Crippen molar-refractivity contribution in [3.63, 3.8) is 0 Å². The van der Waals surface area contributed by atoms with Gasteiger partial charge in [-0.3, -0.25) is 23.4 Å². The Labute approximate surface area is 341 Å². The number of carboxylic acids is 1. The second-order valence-corrected chi connectivity index (χ2v) is 17.0. The molecule has 0 saturated heterocycles. The average Bonchev–Trinajstić information content (AvgIpc) is 3.17. The summed E-state index contributed by atoms with van der Waals surface area (Å²) < 4.78 is 32.6. The third-order valence-electron chi connectivity index (χ3n) is 10.0. The number of carbonyl (C=O) groups is 3. The van der Waals surface area contributed by atoms with E-state index < -0.39 is 51.1 Å². The maximum Gasteiger partial charge on any atom is 0.472 e. The zero-order chi connectivity index (χ0) is 41.4. The number of unbranched alkanes of at least 4 members (excludes halogenated alkanes) is 27. The van der Waals surface area contributed by atoms with Crippen LogP contribution in [0.5, 0.6) is 0 Å². The van der Waals surface area contributed by atoms with Crippen LogP contribution in [-0.2, 0) is 37.5 Å². The smallest absolute Gasteiger partial charge is 0.472 e. The summed E-state index contributed by atoms with van der Waals surface area (Å²) in [6.07, 6.45) is 40.2. The molecule has 0 bridgehead atoms. The lowest BCUT2D eigenvalue weighted by atomic mass is 10.0. The van der Waals surface area contributed by atoms with Crippen LogP contribution in [0.4, 0.5) is 0 Å². The molecule has 3 atom stereocenters. The first-order valence-electron chi connectivity index (χ1n) is 22.7. The van der Waals surface area contributed by atoms with E-state index in [1.165, 1.54) is 141 Å². The van der Waals surface area contributed by atoms with E-state index in [0.717, 1.165) is 32.1 Å². The molecule has 0 saturated carbocycles. The highest BCUT2D eigenvalue weighted by Crippen LogP contribution is 2.43. The number of carboxylic acid groups (broad SMARTS) is 1. The summed E-state index contributed by atoms with van der Waals surface area (Å²) in [5.74, 6) is -2.41. The summed E-state index contributed by atoms with van der Waals surface area (Å²) >= 11 is 0. The summed E-state index contributed by atoms with van der Waals surface area (Å²) in [6, 6.07) is -1.52. The van der Waals surface area contributed by atoms with Gasteiger partial charge in [-0.05, 0) is 32.1 Å². The van der Waals surface area contributed by atoms with Crippen LogP contribution in [0.15, 0.2) is 12.2 Å². The van der Waals surface area contributed by atoms with Crippen LogP contribution in [0.25, 0.3) is 0 Å². The van der Waals surface area contributed by atoms with E-state index in [1.807, 2.05) is 0 Å². The number of ether oxygens (including phenoxy) is 2. The van der Waals surface area contributed by atoms with E-state index in [2.05, 4.69) is 30.5 Å². The third kappa shape index (κ3) is 39.1. The van der Waals surface area contributed by atoms with Crippen molar-refractivity contribution in [2.24, 2.45) is 5.73 Å². The Morgan fingerprint density at radius 1 is 0.536 bits per heavy atom. The van der Waals surface area contributed by atoms with E-state index in [9.17, 15) is 23.8 Å². The number of hydrogen-bond donors (Lipinski definition) is 3. The number of nitrogens with two attached hydrogens (primary N) is 1. The Bertz CT molecular complexity index is 1010. The number of aliphatic carboxylic acids is 1. The van der Waals surface area contributed by atoms with Crippen LogP contribution in [0.2, 0.25) is 0 Å². The number of hydrogen-bond acceptors (Lipinski definition) is 9. The summed E-state index contributed by atoms with van der Waals surface area (Å²) in [6.45, 7) is 2.77. The van der Waals surface area contributed by atoms with E-state index in [4.69, 9.17) is 24.8 Å². The molecular weight excluding hydrogens is 733 g/mol. The third-order valence-corrected chi connectivity index (χ3v) is 11.0. The van der Waals surface area contributed by atoms with Gasteiger partial charge in [0, 0.05) is 12.8 Å². The van der Waals surface area contributed by atoms with E-state index in [-0.39, 0.29) is 19.4 Å². The fourth-order valence-corrected chi connectivity index (χ4v) is 7.20. The van der Waals surface area contributed by atoms with E-state index >= 15 is 0 Å². The molecule has 0 fully saturated rings. The van der Waals surface area contributed by atoms with Gasteiger partial charge in [0.1, 0.15) is 12.6 Å². The predicted molar refractivity (Wildman–Crippen MR) is 226 cm³/mol. The number of rotatable bonds is 43. The van der Waals surface area contributed by atoms with Crippen LogP contribution >= 0.6 is 7.82 Å². The molecule has 0 aromatic carbocycles.